The Labute approximate surface area is 121 Å². The highest BCUT2D eigenvalue weighted by molar-refractivity contribution is 5.92. The van der Waals surface area contributed by atoms with E-state index in [1.54, 1.807) is 12.1 Å². The smallest absolute Gasteiger partial charge is 0.342 e. The molecule has 0 aliphatic carbocycles. The van der Waals surface area contributed by atoms with Crippen molar-refractivity contribution in [3.8, 4) is 5.75 Å². The Morgan fingerprint density at radius 1 is 0.952 bits per heavy atom. The number of carboxylic acids is 1. The Hall–Kier alpha value is -2.82. The summed E-state index contributed by atoms with van der Waals surface area (Å²) >= 11 is 0. The van der Waals surface area contributed by atoms with Crippen molar-refractivity contribution in [2.45, 2.75) is 6.61 Å². The van der Waals surface area contributed by atoms with Crippen molar-refractivity contribution < 1.29 is 24.2 Å². The first kappa shape index (κ1) is 14.6. The van der Waals surface area contributed by atoms with Gasteiger partial charge >= 0.3 is 11.9 Å². The summed E-state index contributed by atoms with van der Waals surface area (Å²) in [4.78, 5) is 22.6. The van der Waals surface area contributed by atoms with Gasteiger partial charge in [-0.2, -0.15) is 0 Å². The number of para-hydroxylation sites is 1. The summed E-state index contributed by atoms with van der Waals surface area (Å²) < 4.78 is 10.3. The van der Waals surface area contributed by atoms with Crippen LogP contribution in [0, 0.1) is 0 Å². The molecule has 0 spiro atoms. The highest BCUT2D eigenvalue weighted by Crippen LogP contribution is 2.19. The highest BCUT2D eigenvalue weighted by atomic mass is 16.5. The minimum absolute atomic E-state index is 0.146. The van der Waals surface area contributed by atoms with E-state index in [0.29, 0.717) is 0 Å². The van der Waals surface area contributed by atoms with Crippen LogP contribution in [0.3, 0.4) is 0 Å². The monoisotopic (exact) mass is 286 g/mol. The van der Waals surface area contributed by atoms with Crippen LogP contribution >= 0.6 is 0 Å². The van der Waals surface area contributed by atoms with E-state index in [2.05, 4.69) is 0 Å². The molecule has 21 heavy (non-hydrogen) atoms. The summed E-state index contributed by atoms with van der Waals surface area (Å²) in [6.07, 6.45) is 0. The molecule has 0 aromatic heterocycles. The maximum absolute atomic E-state index is 12.0. The topological polar surface area (TPSA) is 72.8 Å². The molecule has 5 heteroatoms. The second-order valence-corrected chi connectivity index (χ2v) is 4.24. The molecular weight excluding hydrogens is 272 g/mol. The largest absolute Gasteiger partial charge is 0.481 e. The molecular formula is C16H14O5. The van der Waals surface area contributed by atoms with Crippen LogP contribution in [0.15, 0.2) is 54.6 Å². The Morgan fingerprint density at radius 2 is 1.62 bits per heavy atom. The number of hydrogen-bond acceptors (Lipinski definition) is 4. The second-order valence-electron chi connectivity index (χ2n) is 4.24. The lowest BCUT2D eigenvalue weighted by molar-refractivity contribution is -0.139. The average molecular weight is 286 g/mol. The predicted octanol–water partition coefficient (Wildman–Crippen LogP) is 2.51. The fourth-order valence-electron chi connectivity index (χ4n) is 1.70. The number of carboxylic acid groups (broad SMARTS) is 1. The van der Waals surface area contributed by atoms with Gasteiger partial charge in [-0.05, 0) is 17.7 Å². The standard InChI is InChI=1S/C16H14O5/c17-15(18)11-20-14-9-5-4-8-13(14)16(19)21-10-12-6-2-1-3-7-12/h1-9H,10-11H2,(H,17,18). The van der Waals surface area contributed by atoms with E-state index < -0.39 is 18.5 Å². The molecule has 2 rings (SSSR count). The molecule has 0 unspecified atom stereocenters. The molecule has 108 valence electrons. The van der Waals surface area contributed by atoms with Crippen LogP contribution in [0.2, 0.25) is 0 Å². The van der Waals surface area contributed by atoms with Crippen molar-refractivity contribution in [3.05, 3.63) is 65.7 Å². The zero-order valence-electron chi connectivity index (χ0n) is 11.2. The van der Waals surface area contributed by atoms with Gasteiger partial charge in [-0.25, -0.2) is 9.59 Å². The van der Waals surface area contributed by atoms with Gasteiger partial charge in [0, 0.05) is 0 Å². The molecule has 0 saturated heterocycles. The molecule has 0 fully saturated rings. The maximum atomic E-state index is 12.0. The molecule has 1 N–H and O–H groups in total. The van der Waals surface area contributed by atoms with E-state index in [-0.39, 0.29) is 17.9 Å². The number of rotatable bonds is 6. The molecule has 2 aromatic rings. The van der Waals surface area contributed by atoms with Crippen molar-refractivity contribution in [1.29, 1.82) is 0 Å². The molecule has 0 aliphatic heterocycles. The fourth-order valence-corrected chi connectivity index (χ4v) is 1.70. The van der Waals surface area contributed by atoms with E-state index >= 15 is 0 Å². The normalized spacial score (nSPS) is 9.90. The van der Waals surface area contributed by atoms with E-state index in [4.69, 9.17) is 14.6 Å². The number of aliphatic carboxylic acids is 1. The lowest BCUT2D eigenvalue weighted by Crippen LogP contribution is -2.13. The van der Waals surface area contributed by atoms with Crippen molar-refractivity contribution in [3.63, 3.8) is 0 Å². The minimum Gasteiger partial charge on any atom is -0.481 e. The van der Waals surface area contributed by atoms with E-state index in [1.165, 1.54) is 12.1 Å². The molecule has 0 heterocycles. The number of carbonyl (C=O) groups excluding carboxylic acids is 1. The first-order valence-electron chi connectivity index (χ1n) is 6.31. The number of esters is 1. The molecule has 2 aromatic carbocycles. The summed E-state index contributed by atoms with van der Waals surface area (Å²) in [6.45, 7) is -0.365. The van der Waals surface area contributed by atoms with E-state index in [9.17, 15) is 9.59 Å². The lowest BCUT2D eigenvalue weighted by Gasteiger charge is -2.10. The third-order valence-electron chi connectivity index (χ3n) is 2.67. The predicted molar refractivity (Wildman–Crippen MR) is 75.1 cm³/mol. The van der Waals surface area contributed by atoms with Gasteiger partial charge in [-0.1, -0.05) is 42.5 Å². The van der Waals surface area contributed by atoms with E-state index in [0.717, 1.165) is 5.56 Å². The van der Waals surface area contributed by atoms with Gasteiger partial charge in [0.15, 0.2) is 6.61 Å². The summed E-state index contributed by atoms with van der Waals surface area (Å²) in [5, 5.41) is 8.62. The van der Waals surface area contributed by atoms with Gasteiger partial charge < -0.3 is 14.6 Å². The van der Waals surface area contributed by atoms with Crippen LogP contribution in [-0.4, -0.2) is 23.7 Å². The number of ether oxygens (including phenoxy) is 2. The van der Waals surface area contributed by atoms with Gasteiger partial charge in [-0.3, -0.25) is 0 Å². The third-order valence-corrected chi connectivity index (χ3v) is 2.67. The van der Waals surface area contributed by atoms with Crippen molar-refractivity contribution in [1.82, 2.24) is 0 Å². The van der Waals surface area contributed by atoms with Gasteiger partial charge in [0.25, 0.3) is 0 Å². The molecule has 0 radical (unpaired) electrons. The molecule has 5 nitrogen and oxygen atoms in total. The quantitative estimate of drug-likeness (QED) is 0.826. The Kier molecular flexibility index (Phi) is 4.93. The van der Waals surface area contributed by atoms with Gasteiger partial charge in [0.05, 0.1) is 0 Å². The Morgan fingerprint density at radius 3 is 2.33 bits per heavy atom. The summed E-state index contributed by atoms with van der Waals surface area (Å²) in [5.41, 5.74) is 1.07. The number of benzene rings is 2. The number of hydrogen-bond donors (Lipinski definition) is 1. The third kappa shape index (κ3) is 4.35. The maximum Gasteiger partial charge on any atom is 0.342 e. The van der Waals surface area contributed by atoms with E-state index in [1.807, 2.05) is 30.3 Å². The first-order chi connectivity index (χ1) is 10.2. The summed E-state index contributed by atoms with van der Waals surface area (Å²) in [5.74, 6) is -1.47. The van der Waals surface area contributed by atoms with Gasteiger partial charge in [-0.15, -0.1) is 0 Å². The average Bonchev–Trinajstić information content (AvgIpc) is 2.52. The van der Waals surface area contributed by atoms with Crippen LogP contribution in [0.4, 0.5) is 0 Å². The van der Waals surface area contributed by atoms with Gasteiger partial charge in [0.2, 0.25) is 0 Å². The van der Waals surface area contributed by atoms with Crippen LogP contribution in [0.1, 0.15) is 15.9 Å². The molecule has 0 saturated carbocycles. The van der Waals surface area contributed by atoms with Crippen molar-refractivity contribution >= 4 is 11.9 Å². The second kappa shape index (κ2) is 7.09. The Balaban J connectivity index is 2.03. The SMILES string of the molecule is O=C(O)COc1ccccc1C(=O)OCc1ccccc1. The molecule has 0 bridgehead atoms. The lowest BCUT2D eigenvalue weighted by atomic mass is 10.2. The van der Waals surface area contributed by atoms with Crippen molar-refractivity contribution in [2.75, 3.05) is 6.61 Å². The summed E-state index contributed by atoms with van der Waals surface area (Å²) in [6, 6.07) is 15.7. The van der Waals surface area contributed by atoms with Crippen LogP contribution < -0.4 is 4.74 Å². The zero-order chi connectivity index (χ0) is 15.1. The van der Waals surface area contributed by atoms with Gasteiger partial charge in [0.1, 0.15) is 17.9 Å². The highest BCUT2D eigenvalue weighted by Gasteiger charge is 2.14. The number of carbonyl (C=O) groups is 2. The van der Waals surface area contributed by atoms with Crippen LogP contribution in [-0.2, 0) is 16.1 Å². The van der Waals surface area contributed by atoms with Crippen LogP contribution in [0.25, 0.3) is 0 Å². The molecule has 0 amide bonds. The summed E-state index contributed by atoms with van der Waals surface area (Å²) in [7, 11) is 0. The minimum atomic E-state index is -1.11. The fraction of sp³-hybridized carbons (Fsp3) is 0.125. The van der Waals surface area contributed by atoms with Crippen LogP contribution in [0.5, 0.6) is 5.75 Å². The van der Waals surface area contributed by atoms with Crippen molar-refractivity contribution in [2.24, 2.45) is 0 Å². The Bertz CT molecular complexity index is 622. The molecule has 0 atom stereocenters. The first-order valence-corrected chi connectivity index (χ1v) is 6.31. The molecule has 0 aliphatic rings. The zero-order valence-corrected chi connectivity index (χ0v) is 11.2.